The van der Waals surface area contributed by atoms with Crippen molar-refractivity contribution in [1.82, 2.24) is 5.32 Å². The fourth-order valence-corrected chi connectivity index (χ4v) is 5.95. The molecule has 166 valence electrons. The lowest BCUT2D eigenvalue weighted by atomic mass is 9.77. The summed E-state index contributed by atoms with van der Waals surface area (Å²) < 4.78 is 17.8. The van der Waals surface area contributed by atoms with Gasteiger partial charge in [0.05, 0.1) is 20.1 Å². The number of carbonyl (C=O) groups excluding carboxylic acids is 1. The van der Waals surface area contributed by atoms with Crippen LogP contribution in [0.2, 0.25) is 0 Å². The zero-order chi connectivity index (χ0) is 22.0. The Kier molecular flexibility index (Phi) is 7.06. The second kappa shape index (κ2) is 9.77. The van der Waals surface area contributed by atoms with E-state index in [0.717, 1.165) is 31.2 Å². The third-order valence-corrected chi connectivity index (χ3v) is 7.67. The first-order chi connectivity index (χ1) is 15.0. The highest BCUT2D eigenvalue weighted by Crippen LogP contribution is 2.43. The van der Waals surface area contributed by atoms with Crippen LogP contribution in [-0.2, 0) is 22.6 Å². The third kappa shape index (κ3) is 4.70. The molecule has 1 N–H and O–H groups in total. The van der Waals surface area contributed by atoms with E-state index in [2.05, 4.69) is 53.0 Å². The summed E-state index contributed by atoms with van der Waals surface area (Å²) >= 11 is 2.42. The lowest BCUT2D eigenvalue weighted by Crippen LogP contribution is -2.48. The van der Waals surface area contributed by atoms with Gasteiger partial charge >= 0.3 is 5.97 Å². The van der Waals surface area contributed by atoms with E-state index in [1.807, 2.05) is 18.2 Å². The van der Waals surface area contributed by atoms with Crippen molar-refractivity contribution in [3.63, 3.8) is 0 Å². The first-order valence-corrected chi connectivity index (χ1v) is 12.0. The van der Waals surface area contributed by atoms with Gasteiger partial charge in [-0.1, -0.05) is 25.1 Å². The van der Waals surface area contributed by atoms with Gasteiger partial charge in [0, 0.05) is 21.6 Å². The molecular weight excluding hydrogens is 505 g/mol. The lowest BCUT2D eigenvalue weighted by Gasteiger charge is -2.36. The van der Waals surface area contributed by atoms with Gasteiger partial charge in [0.1, 0.15) is 6.61 Å². The predicted octanol–water partition coefficient (Wildman–Crippen LogP) is 4.84. The first kappa shape index (κ1) is 22.4. The molecule has 0 aromatic heterocycles. The Morgan fingerprint density at radius 1 is 1.10 bits per heavy atom. The third-order valence-electron chi connectivity index (χ3n) is 6.67. The number of carbonyl (C=O) groups is 1. The van der Waals surface area contributed by atoms with Gasteiger partial charge in [-0.25, -0.2) is 0 Å². The predicted molar refractivity (Wildman–Crippen MR) is 129 cm³/mol. The second-order valence-corrected chi connectivity index (χ2v) is 9.58. The van der Waals surface area contributed by atoms with Crippen LogP contribution in [0.15, 0.2) is 36.4 Å². The Labute approximate surface area is 198 Å². The number of benzene rings is 2. The summed E-state index contributed by atoms with van der Waals surface area (Å²) in [6, 6.07) is 13.0. The van der Waals surface area contributed by atoms with E-state index in [9.17, 15) is 4.79 Å². The molecule has 2 unspecified atom stereocenters. The van der Waals surface area contributed by atoms with E-state index < -0.39 is 0 Å². The number of esters is 1. The summed E-state index contributed by atoms with van der Waals surface area (Å²) in [6.07, 6.45) is 4.16. The minimum atomic E-state index is -0.165. The van der Waals surface area contributed by atoms with Crippen molar-refractivity contribution in [3.8, 4) is 11.5 Å². The van der Waals surface area contributed by atoms with Crippen molar-refractivity contribution in [2.45, 2.75) is 57.2 Å². The molecule has 2 aromatic rings. The van der Waals surface area contributed by atoms with Gasteiger partial charge in [-0.15, -0.1) is 0 Å². The number of aryl methyl sites for hydroxylation is 1. The molecule has 0 aliphatic carbocycles. The molecule has 2 aromatic carbocycles. The number of hydrogen-bond donors (Lipinski definition) is 1. The molecule has 2 aliphatic heterocycles. The zero-order valence-electron chi connectivity index (χ0n) is 18.3. The van der Waals surface area contributed by atoms with Crippen LogP contribution in [0.4, 0.5) is 0 Å². The van der Waals surface area contributed by atoms with Gasteiger partial charge in [0.2, 0.25) is 0 Å². The number of nitrogens with one attached hydrogen (secondary N) is 1. The highest BCUT2D eigenvalue weighted by molar-refractivity contribution is 14.1. The normalized spacial score (nSPS) is 24.6. The molecule has 4 atom stereocenters. The molecule has 5 nitrogen and oxygen atoms in total. The standard InChI is InChI=1S/C25H30INO4/c1-4-16-6-7-17(12-20(16)26)19-13-18-8-9-21(27-18)24(19)25(28)31-14-15-5-10-22(29-2)23(11-15)30-3/h5-7,10-12,18-19,21,24,27H,4,8-9,13-14H2,1-3H3/t18-,19-,21?,24?/m1/s1. The smallest absolute Gasteiger partial charge is 0.311 e. The Morgan fingerprint density at radius 3 is 2.61 bits per heavy atom. The summed E-state index contributed by atoms with van der Waals surface area (Å²) in [6.45, 7) is 2.40. The highest BCUT2D eigenvalue weighted by atomic mass is 127. The largest absolute Gasteiger partial charge is 0.493 e. The molecule has 0 spiro atoms. The molecule has 2 heterocycles. The van der Waals surface area contributed by atoms with Crippen LogP contribution in [0.25, 0.3) is 0 Å². The van der Waals surface area contributed by atoms with E-state index in [-0.39, 0.29) is 30.5 Å². The molecular formula is C25H30INO4. The quantitative estimate of drug-likeness (QED) is 0.407. The second-order valence-electron chi connectivity index (χ2n) is 8.42. The van der Waals surface area contributed by atoms with Gasteiger partial charge in [0.15, 0.2) is 11.5 Å². The number of ether oxygens (including phenoxy) is 3. The van der Waals surface area contributed by atoms with Crippen molar-refractivity contribution < 1.29 is 19.0 Å². The number of piperidine rings is 1. The van der Waals surface area contributed by atoms with E-state index in [1.165, 1.54) is 14.7 Å². The summed E-state index contributed by atoms with van der Waals surface area (Å²) in [7, 11) is 3.21. The Bertz CT molecular complexity index is 947. The zero-order valence-corrected chi connectivity index (χ0v) is 20.5. The minimum absolute atomic E-state index is 0.118. The lowest BCUT2D eigenvalue weighted by molar-refractivity contribution is -0.152. The van der Waals surface area contributed by atoms with Crippen LogP contribution in [0.5, 0.6) is 11.5 Å². The van der Waals surface area contributed by atoms with E-state index in [4.69, 9.17) is 14.2 Å². The SMILES string of the molecule is CCc1ccc([C@H]2C[C@H]3CCC(N3)C2C(=O)OCc2ccc(OC)c(OC)c2)cc1I. The average molecular weight is 535 g/mol. The van der Waals surface area contributed by atoms with Gasteiger partial charge in [-0.3, -0.25) is 4.79 Å². The van der Waals surface area contributed by atoms with Crippen molar-refractivity contribution >= 4 is 28.6 Å². The van der Waals surface area contributed by atoms with Crippen molar-refractivity contribution in [3.05, 3.63) is 56.7 Å². The van der Waals surface area contributed by atoms with Crippen LogP contribution < -0.4 is 14.8 Å². The van der Waals surface area contributed by atoms with E-state index in [1.54, 1.807) is 14.2 Å². The number of methoxy groups -OCH3 is 2. The molecule has 2 saturated heterocycles. The van der Waals surface area contributed by atoms with E-state index >= 15 is 0 Å². The maximum Gasteiger partial charge on any atom is 0.311 e. The summed E-state index contributed by atoms with van der Waals surface area (Å²) in [5, 5.41) is 3.65. The molecule has 2 fully saturated rings. The van der Waals surface area contributed by atoms with Crippen LogP contribution in [-0.4, -0.2) is 32.3 Å². The monoisotopic (exact) mass is 535 g/mol. The highest BCUT2D eigenvalue weighted by Gasteiger charge is 2.46. The Balaban J connectivity index is 1.52. The maximum absolute atomic E-state index is 13.3. The molecule has 2 aliphatic rings. The molecule has 0 radical (unpaired) electrons. The summed E-state index contributed by atoms with van der Waals surface area (Å²) in [4.78, 5) is 13.3. The summed E-state index contributed by atoms with van der Waals surface area (Å²) in [5.41, 5.74) is 3.50. The van der Waals surface area contributed by atoms with Crippen molar-refractivity contribution in [2.24, 2.45) is 5.92 Å². The average Bonchev–Trinajstić information content (AvgIpc) is 3.17. The van der Waals surface area contributed by atoms with E-state index in [0.29, 0.717) is 17.5 Å². The maximum atomic E-state index is 13.3. The number of halogens is 1. The fourth-order valence-electron chi connectivity index (χ4n) is 5.03. The molecule has 6 heteroatoms. The van der Waals surface area contributed by atoms with Crippen LogP contribution in [0.3, 0.4) is 0 Å². The van der Waals surface area contributed by atoms with Gasteiger partial charge in [0.25, 0.3) is 0 Å². The topological polar surface area (TPSA) is 56.8 Å². The van der Waals surface area contributed by atoms with Crippen LogP contribution >= 0.6 is 22.6 Å². The molecule has 4 rings (SSSR count). The van der Waals surface area contributed by atoms with Crippen molar-refractivity contribution in [2.75, 3.05) is 14.2 Å². The Morgan fingerprint density at radius 2 is 1.90 bits per heavy atom. The van der Waals surface area contributed by atoms with Crippen molar-refractivity contribution in [1.29, 1.82) is 0 Å². The molecule has 0 saturated carbocycles. The molecule has 31 heavy (non-hydrogen) atoms. The molecule has 0 amide bonds. The number of fused-ring (bicyclic) bond motifs is 2. The van der Waals surface area contributed by atoms with Crippen LogP contribution in [0.1, 0.15) is 48.8 Å². The molecule has 2 bridgehead atoms. The van der Waals surface area contributed by atoms with Crippen LogP contribution in [0, 0.1) is 9.49 Å². The van der Waals surface area contributed by atoms with Gasteiger partial charge in [-0.05, 0) is 83.2 Å². The van der Waals surface area contributed by atoms with Gasteiger partial charge < -0.3 is 19.5 Å². The first-order valence-electron chi connectivity index (χ1n) is 11.0. The Hall–Kier alpha value is -1.80. The number of hydrogen-bond acceptors (Lipinski definition) is 5. The summed E-state index contributed by atoms with van der Waals surface area (Å²) in [5.74, 6) is 1.21. The minimum Gasteiger partial charge on any atom is -0.493 e. The fraction of sp³-hybridized carbons (Fsp3) is 0.480. The number of rotatable bonds is 7. The van der Waals surface area contributed by atoms with Gasteiger partial charge in [-0.2, -0.15) is 0 Å².